The Morgan fingerprint density at radius 1 is 1.18 bits per heavy atom. The molecule has 0 saturated carbocycles. The van der Waals surface area contributed by atoms with Crippen LogP contribution in [0.5, 0.6) is 5.75 Å². The molecule has 4 bridgehead atoms. The summed E-state index contributed by atoms with van der Waals surface area (Å²) in [5.41, 5.74) is 1.48. The number of carbonyl (C=O) groups is 3. The van der Waals surface area contributed by atoms with Gasteiger partial charge in [0.25, 0.3) is 0 Å². The van der Waals surface area contributed by atoms with Gasteiger partial charge in [0.2, 0.25) is 17.7 Å². The van der Waals surface area contributed by atoms with Crippen LogP contribution in [0.4, 0.5) is 5.69 Å². The maximum atomic E-state index is 14.4. The van der Waals surface area contributed by atoms with E-state index in [1.807, 2.05) is 71.1 Å². The molecule has 9 nitrogen and oxygen atoms in total. The Bertz CT molecular complexity index is 1400. The summed E-state index contributed by atoms with van der Waals surface area (Å²) in [6.45, 7) is 3.73. The van der Waals surface area contributed by atoms with E-state index in [2.05, 4.69) is 10.3 Å². The smallest absolute Gasteiger partial charge is 0.240 e. The molecule has 38 heavy (non-hydrogen) atoms. The molecule has 0 aliphatic carbocycles. The Balaban J connectivity index is 1.45. The molecule has 2 atom stereocenters. The second-order valence-corrected chi connectivity index (χ2v) is 10.2. The molecule has 1 spiro atoms. The van der Waals surface area contributed by atoms with Crippen LogP contribution in [0.15, 0.2) is 60.9 Å². The zero-order chi connectivity index (χ0) is 26.3. The van der Waals surface area contributed by atoms with Crippen LogP contribution in [0.1, 0.15) is 42.3 Å². The van der Waals surface area contributed by atoms with Gasteiger partial charge in [0.1, 0.15) is 23.5 Å². The molecule has 3 aliphatic rings. The van der Waals surface area contributed by atoms with Gasteiger partial charge in [0.05, 0.1) is 12.6 Å². The highest BCUT2D eigenvalue weighted by Gasteiger charge is 2.61. The van der Waals surface area contributed by atoms with E-state index in [-0.39, 0.29) is 24.3 Å². The average Bonchev–Trinajstić information content (AvgIpc) is 3.59. The third kappa shape index (κ3) is 3.93. The molecule has 1 N–H and O–H groups in total. The fourth-order valence-corrected chi connectivity index (χ4v) is 6.24. The van der Waals surface area contributed by atoms with Crippen molar-refractivity contribution in [1.82, 2.24) is 19.8 Å². The van der Waals surface area contributed by atoms with Crippen molar-refractivity contribution >= 4 is 23.4 Å². The van der Waals surface area contributed by atoms with Crippen molar-refractivity contribution in [2.45, 2.75) is 44.2 Å². The van der Waals surface area contributed by atoms with Gasteiger partial charge < -0.3 is 24.4 Å². The zero-order valence-electron chi connectivity index (χ0n) is 21.4. The number of para-hydroxylation sites is 1. The zero-order valence-corrected chi connectivity index (χ0v) is 21.4. The molecule has 1 saturated heterocycles. The number of anilines is 1. The SMILES string of the molecule is Cc1nccn1CCC(=O)N1CC[C@]23C(=O)N(CC(=O)NCCCOc4cccc(c4)[C@H]12)c1ccccc13. The van der Waals surface area contributed by atoms with Gasteiger partial charge in [-0.2, -0.15) is 0 Å². The van der Waals surface area contributed by atoms with Gasteiger partial charge in [-0.05, 0) is 49.1 Å². The first-order valence-electron chi connectivity index (χ1n) is 13.2. The molecular formula is C29H31N5O4. The van der Waals surface area contributed by atoms with Crippen molar-refractivity contribution in [3.8, 4) is 5.75 Å². The monoisotopic (exact) mass is 513 g/mol. The van der Waals surface area contributed by atoms with E-state index >= 15 is 0 Å². The second kappa shape index (κ2) is 9.63. The Hall–Kier alpha value is -4.14. The van der Waals surface area contributed by atoms with Crippen molar-refractivity contribution in [3.05, 3.63) is 77.9 Å². The van der Waals surface area contributed by atoms with Gasteiger partial charge in [-0.15, -0.1) is 0 Å². The number of nitrogens with zero attached hydrogens (tertiary/aromatic N) is 4. The van der Waals surface area contributed by atoms with E-state index in [1.165, 1.54) is 0 Å². The van der Waals surface area contributed by atoms with Gasteiger partial charge in [-0.1, -0.05) is 30.3 Å². The predicted octanol–water partition coefficient (Wildman–Crippen LogP) is 2.74. The number of rotatable bonds is 3. The minimum atomic E-state index is -0.986. The first-order valence-corrected chi connectivity index (χ1v) is 13.2. The van der Waals surface area contributed by atoms with Crippen LogP contribution in [-0.2, 0) is 26.3 Å². The first kappa shape index (κ1) is 24.2. The van der Waals surface area contributed by atoms with E-state index in [0.717, 1.165) is 22.6 Å². The van der Waals surface area contributed by atoms with E-state index in [4.69, 9.17) is 4.74 Å². The Kier molecular flexibility index (Phi) is 6.13. The van der Waals surface area contributed by atoms with Crippen molar-refractivity contribution in [3.63, 3.8) is 0 Å². The molecule has 0 radical (unpaired) electrons. The van der Waals surface area contributed by atoms with Gasteiger partial charge in [0.15, 0.2) is 0 Å². The third-order valence-corrected chi connectivity index (χ3v) is 8.03. The summed E-state index contributed by atoms with van der Waals surface area (Å²) in [6, 6.07) is 14.9. The largest absolute Gasteiger partial charge is 0.494 e. The van der Waals surface area contributed by atoms with Gasteiger partial charge in [-0.3, -0.25) is 14.4 Å². The lowest BCUT2D eigenvalue weighted by molar-refractivity contribution is -0.134. The molecular weight excluding hydrogens is 482 g/mol. The van der Waals surface area contributed by atoms with Crippen LogP contribution >= 0.6 is 0 Å². The van der Waals surface area contributed by atoms with Crippen molar-refractivity contribution in [1.29, 1.82) is 0 Å². The minimum Gasteiger partial charge on any atom is -0.494 e. The van der Waals surface area contributed by atoms with Gasteiger partial charge in [-0.25, -0.2) is 4.98 Å². The number of aromatic nitrogens is 2. The predicted molar refractivity (Wildman–Crippen MR) is 141 cm³/mol. The Labute approximate surface area is 221 Å². The molecule has 3 aromatic rings. The molecule has 3 amide bonds. The number of hydrogen-bond donors (Lipinski definition) is 1. The van der Waals surface area contributed by atoms with Gasteiger partial charge in [0, 0.05) is 44.1 Å². The number of benzene rings is 2. The Morgan fingerprint density at radius 2 is 2.05 bits per heavy atom. The standard InChI is InChI=1S/C29H31N5O4/c1-20-30-13-16-32(20)14-10-26(36)33-15-11-29-23-8-2-3-9-24(23)34(28(29)37)19-25(35)31-12-5-17-38-22-7-4-6-21(18-22)27(29)33/h2-4,6-9,13,16,18,27H,5,10-12,14-15,17,19H2,1H3,(H,31,35)/t27-,29+/m0/s1. The molecule has 1 aromatic heterocycles. The molecule has 196 valence electrons. The number of nitrogens with one attached hydrogen (secondary N) is 1. The first-order chi connectivity index (χ1) is 18.5. The number of likely N-dealkylation sites (tertiary alicyclic amines) is 1. The van der Waals surface area contributed by atoms with Crippen molar-refractivity contribution in [2.75, 3.05) is 31.1 Å². The second-order valence-electron chi connectivity index (χ2n) is 10.2. The van der Waals surface area contributed by atoms with Crippen LogP contribution < -0.4 is 15.0 Å². The van der Waals surface area contributed by atoms with E-state index in [0.29, 0.717) is 51.3 Å². The fraction of sp³-hybridized carbons (Fsp3) is 0.379. The lowest BCUT2D eigenvalue weighted by atomic mass is 9.72. The molecule has 6 rings (SSSR count). The number of aryl methyl sites for hydroxylation is 2. The maximum Gasteiger partial charge on any atom is 0.240 e. The summed E-state index contributed by atoms with van der Waals surface area (Å²) < 4.78 is 7.95. The normalized spacial score (nSPS) is 22.8. The topological polar surface area (TPSA) is 96.8 Å². The molecule has 9 heteroatoms. The van der Waals surface area contributed by atoms with Crippen LogP contribution in [0, 0.1) is 6.92 Å². The summed E-state index contributed by atoms with van der Waals surface area (Å²) in [6.07, 6.45) is 5.02. The minimum absolute atomic E-state index is 0.0195. The molecule has 2 aromatic carbocycles. The molecule has 0 unspecified atom stereocenters. The number of hydrogen-bond acceptors (Lipinski definition) is 5. The number of carbonyl (C=O) groups excluding carboxylic acids is 3. The lowest BCUT2D eigenvalue weighted by Crippen LogP contribution is -2.48. The quantitative estimate of drug-likeness (QED) is 0.581. The van der Waals surface area contributed by atoms with Gasteiger partial charge >= 0.3 is 0 Å². The van der Waals surface area contributed by atoms with Crippen molar-refractivity contribution < 1.29 is 19.1 Å². The van der Waals surface area contributed by atoms with E-state index in [1.54, 1.807) is 11.1 Å². The molecule has 4 heterocycles. The van der Waals surface area contributed by atoms with E-state index < -0.39 is 11.5 Å². The summed E-state index contributed by atoms with van der Waals surface area (Å²) in [5.74, 6) is 1.17. The highest BCUT2D eigenvalue weighted by molar-refractivity contribution is 6.12. The highest BCUT2D eigenvalue weighted by Crippen LogP contribution is 2.56. The average molecular weight is 514 g/mol. The Morgan fingerprint density at radius 3 is 2.89 bits per heavy atom. The number of amides is 3. The maximum absolute atomic E-state index is 14.4. The summed E-state index contributed by atoms with van der Waals surface area (Å²) in [7, 11) is 0. The molecule has 3 aliphatic heterocycles. The summed E-state index contributed by atoms with van der Waals surface area (Å²) in [4.78, 5) is 48.7. The number of ether oxygens (including phenoxy) is 1. The van der Waals surface area contributed by atoms with Crippen molar-refractivity contribution in [2.24, 2.45) is 0 Å². The number of imidazole rings is 1. The van der Waals surface area contributed by atoms with Crippen LogP contribution in [0.25, 0.3) is 0 Å². The number of fused-ring (bicyclic) bond motifs is 6. The van der Waals surface area contributed by atoms with Crippen LogP contribution in [0.3, 0.4) is 0 Å². The lowest BCUT2D eigenvalue weighted by Gasteiger charge is -2.35. The van der Waals surface area contributed by atoms with Crippen LogP contribution in [-0.4, -0.2) is 58.4 Å². The van der Waals surface area contributed by atoms with E-state index in [9.17, 15) is 14.4 Å². The molecule has 1 fully saturated rings. The highest BCUT2D eigenvalue weighted by atomic mass is 16.5. The third-order valence-electron chi connectivity index (χ3n) is 8.03. The van der Waals surface area contributed by atoms with Crippen LogP contribution in [0.2, 0.25) is 0 Å². The fourth-order valence-electron chi connectivity index (χ4n) is 6.24. The summed E-state index contributed by atoms with van der Waals surface area (Å²) in [5, 5.41) is 2.91. The summed E-state index contributed by atoms with van der Waals surface area (Å²) >= 11 is 0.